The Balaban J connectivity index is 2.25. The summed E-state index contributed by atoms with van der Waals surface area (Å²) in [6, 6.07) is 2.53. The van der Waals surface area contributed by atoms with Crippen LogP contribution in [0.5, 0.6) is 0 Å². The molecule has 0 bridgehead atoms. The van der Waals surface area contributed by atoms with Crippen LogP contribution in [0.2, 0.25) is 0 Å². The zero-order valence-electron chi connectivity index (χ0n) is 18.4. The number of para-hydroxylation sites is 1. The molecule has 0 radical (unpaired) electrons. The van der Waals surface area contributed by atoms with E-state index >= 15 is 0 Å². The number of aromatic amines is 1. The molecule has 11 nitrogen and oxygen atoms in total. The van der Waals surface area contributed by atoms with Crippen LogP contribution in [-0.4, -0.2) is 80.7 Å². The molecule has 34 heavy (non-hydrogen) atoms. The number of carboxylic acid groups (broad SMARTS) is 1. The molecule has 0 fully saturated rings. The van der Waals surface area contributed by atoms with Gasteiger partial charge in [0.1, 0.15) is 24.2 Å². The second-order valence-corrected chi connectivity index (χ2v) is 8.45. The van der Waals surface area contributed by atoms with Gasteiger partial charge in [-0.3, -0.25) is 14.4 Å². The summed E-state index contributed by atoms with van der Waals surface area (Å²) < 4.78 is 0. The molecule has 2 aromatic rings. The van der Waals surface area contributed by atoms with E-state index in [4.69, 9.17) is 5.73 Å². The van der Waals surface area contributed by atoms with E-state index < -0.39 is 54.0 Å². The zero-order valence-corrected chi connectivity index (χ0v) is 20.2. The first kappa shape index (κ1) is 27.5. The highest BCUT2D eigenvalue weighted by Gasteiger charge is 2.30. The molecule has 1 heterocycles. The molecule has 0 saturated carbocycles. The van der Waals surface area contributed by atoms with Crippen molar-refractivity contribution in [3.8, 4) is 0 Å². The molecule has 0 aliphatic carbocycles. The van der Waals surface area contributed by atoms with Crippen molar-refractivity contribution in [2.75, 3.05) is 11.5 Å². The van der Waals surface area contributed by atoms with E-state index in [2.05, 4.69) is 46.2 Å². The van der Waals surface area contributed by atoms with Gasteiger partial charge in [-0.1, -0.05) is 18.2 Å². The van der Waals surface area contributed by atoms with Gasteiger partial charge in [-0.25, -0.2) is 4.79 Å². The number of aromatic nitrogens is 1. The van der Waals surface area contributed by atoms with Gasteiger partial charge in [-0.2, -0.15) is 25.3 Å². The maximum Gasteiger partial charge on any atom is 0.327 e. The number of nitrogens with one attached hydrogen (secondary N) is 4. The summed E-state index contributed by atoms with van der Waals surface area (Å²) in [6.07, 6.45) is 0.600. The molecule has 0 aliphatic heterocycles. The van der Waals surface area contributed by atoms with Crippen molar-refractivity contribution < 1.29 is 29.4 Å². The second-order valence-electron chi connectivity index (χ2n) is 7.72. The van der Waals surface area contributed by atoms with Gasteiger partial charge in [0.2, 0.25) is 17.7 Å². The minimum Gasteiger partial charge on any atom is -0.480 e. The predicted octanol–water partition coefficient (Wildman–Crippen LogP) is -1.18. The molecular formula is C21H29N5O6S2. The Morgan fingerprint density at radius 2 is 1.53 bits per heavy atom. The van der Waals surface area contributed by atoms with Crippen LogP contribution in [-0.2, 0) is 25.6 Å². The largest absolute Gasteiger partial charge is 0.480 e. The van der Waals surface area contributed by atoms with Crippen LogP contribution < -0.4 is 21.7 Å². The highest BCUT2D eigenvalue weighted by atomic mass is 32.1. The Hall–Kier alpha value is -2.74. The first-order chi connectivity index (χ1) is 16.1. The highest BCUT2D eigenvalue weighted by Crippen LogP contribution is 2.19. The zero-order chi connectivity index (χ0) is 25.4. The number of rotatable bonds is 12. The van der Waals surface area contributed by atoms with E-state index in [0.29, 0.717) is 0 Å². The fraction of sp³-hybridized carbons (Fsp3) is 0.429. The molecular weight excluding hydrogens is 482 g/mol. The van der Waals surface area contributed by atoms with Gasteiger partial charge in [0.15, 0.2) is 0 Å². The third kappa shape index (κ3) is 7.13. The number of H-pyrrole nitrogens is 1. The Labute approximate surface area is 207 Å². The number of hydrogen-bond acceptors (Lipinski definition) is 8. The standard InChI is InChI=1S/C21H29N5O6S2/c1-10(27)17(22)20(30)25-15(8-33)19(29)24-14(18(28)26-16(9-34)21(31)32)6-11-7-23-13-5-3-2-4-12(11)13/h2-5,7,10,14-17,23,27,33-34H,6,8-9,22H2,1H3,(H,24,29)(H,25,30)(H,26,28)(H,31,32). The Morgan fingerprint density at radius 3 is 2.12 bits per heavy atom. The van der Waals surface area contributed by atoms with E-state index in [-0.39, 0.29) is 17.9 Å². The van der Waals surface area contributed by atoms with E-state index in [1.807, 2.05) is 24.3 Å². The maximum absolute atomic E-state index is 13.0. The third-order valence-corrected chi connectivity index (χ3v) is 5.90. The lowest BCUT2D eigenvalue weighted by Gasteiger charge is -2.24. The molecule has 0 saturated heterocycles. The number of fused-ring (bicyclic) bond motifs is 1. The number of aliphatic hydroxyl groups excluding tert-OH is 1. The van der Waals surface area contributed by atoms with Crippen LogP contribution in [0.3, 0.4) is 0 Å². The lowest BCUT2D eigenvalue weighted by molar-refractivity contribution is -0.141. The molecule has 8 N–H and O–H groups in total. The first-order valence-corrected chi connectivity index (χ1v) is 11.7. The van der Waals surface area contributed by atoms with Crippen molar-refractivity contribution in [3.63, 3.8) is 0 Å². The topological polar surface area (TPSA) is 187 Å². The van der Waals surface area contributed by atoms with Crippen molar-refractivity contribution >= 4 is 59.9 Å². The van der Waals surface area contributed by atoms with Crippen molar-refractivity contribution in [1.29, 1.82) is 0 Å². The maximum atomic E-state index is 13.0. The molecule has 5 unspecified atom stereocenters. The minimum atomic E-state index is -1.27. The number of benzene rings is 1. The molecule has 1 aromatic heterocycles. The average Bonchev–Trinajstić information content (AvgIpc) is 3.21. The molecule has 1 aromatic carbocycles. The molecule has 2 rings (SSSR count). The summed E-state index contributed by atoms with van der Waals surface area (Å²) in [6.45, 7) is 1.34. The number of hydrogen-bond donors (Lipinski definition) is 9. The van der Waals surface area contributed by atoms with Gasteiger partial charge in [0.25, 0.3) is 0 Å². The summed E-state index contributed by atoms with van der Waals surface area (Å²) in [5.74, 6) is -3.75. The number of thiol groups is 2. The Kier molecular flexibility index (Phi) is 10.2. The van der Waals surface area contributed by atoms with Crippen LogP contribution in [0.1, 0.15) is 12.5 Å². The van der Waals surface area contributed by atoms with E-state index in [1.165, 1.54) is 6.92 Å². The second kappa shape index (κ2) is 12.6. The van der Waals surface area contributed by atoms with Crippen LogP contribution in [0.25, 0.3) is 10.9 Å². The summed E-state index contributed by atoms with van der Waals surface area (Å²) in [7, 11) is 0. The van der Waals surface area contributed by atoms with Crippen LogP contribution in [0, 0.1) is 0 Å². The van der Waals surface area contributed by atoms with Crippen molar-refractivity contribution in [2.45, 2.75) is 43.6 Å². The molecule has 0 aliphatic rings. The number of carbonyl (C=O) groups excluding carboxylic acids is 3. The number of amides is 3. The minimum absolute atomic E-state index is 0.0426. The normalized spacial score (nSPS) is 15.6. The molecule has 0 spiro atoms. The van der Waals surface area contributed by atoms with Crippen molar-refractivity contribution in [3.05, 3.63) is 36.0 Å². The Morgan fingerprint density at radius 1 is 0.971 bits per heavy atom. The smallest absolute Gasteiger partial charge is 0.327 e. The number of aliphatic hydroxyl groups is 1. The average molecular weight is 512 g/mol. The number of nitrogens with two attached hydrogens (primary N) is 1. The van der Waals surface area contributed by atoms with E-state index in [0.717, 1.165) is 16.5 Å². The van der Waals surface area contributed by atoms with Gasteiger partial charge in [0.05, 0.1) is 6.10 Å². The first-order valence-electron chi connectivity index (χ1n) is 10.4. The van der Waals surface area contributed by atoms with Crippen molar-refractivity contribution in [1.82, 2.24) is 20.9 Å². The van der Waals surface area contributed by atoms with Gasteiger partial charge >= 0.3 is 5.97 Å². The summed E-state index contributed by atoms with van der Waals surface area (Å²) in [5.41, 5.74) is 7.15. The Bertz CT molecular complexity index is 1030. The van der Waals surface area contributed by atoms with Crippen LogP contribution in [0.15, 0.2) is 30.5 Å². The predicted molar refractivity (Wildman–Crippen MR) is 133 cm³/mol. The van der Waals surface area contributed by atoms with E-state index in [9.17, 15) is 29.4 Å². The molecule has 13 heteroatoms. The monoisotopic (exact) mass is 511 g/mol. The molecule has 186 valence electrons. The van der Waals surface area contributed by atoms with Gasteiger partial charge < -0.3 is 36.9 Å². The fourth-order valence-corrected chi connectivity index (χ4v) is 3.65. The SMILES string of the molecule is CC(O)C(N)C(=O)NC(CS)C(=O)NC(Cc1c[nH]c2ccccc12)C(=O)NC(CS)C(=O)O. The van der Waals surface area contributed by atoms with Crippen molar-refractivity contribution in [2.24, 2.45) is 5.73 Å². The van der Waals surface area contributed by atoms with Crippen LogP contribution >= 0.6 is 25.3 Å². The summed E-state index contributed by atoms with van der Waals surface area (Å²) in [4.78, 5) is 52.5. The fourth-order valence-electron chi connectivity index (χ4n) is 3.14. The number of carboxylic acids is 1. The highest BCUT2D eigenvalue weighted by molar-refractivity contribution is 7.80. The van der Waals surface area contributed by atoms with Gasteiger partial charge in [-0.15, -0.1) is 0 Å². The van der Waals surface area contributed by atoms with Gasteiger partial charge in [-0.05, 0) is 18.6 Å². The van der Waals surface area contributed by atoms with E-state index in [1.54, 1.807) is 6.20 Å². The lowest BCUT2D eigenvalue weighted by Crippen LogP contribution is -2.59. The molecule has 5 atom stereocenters. The summed E-state index contributed by atoms with van der Waals surface area (Å²) >= 11 is 8.04. The number of aliphatic carboxylic acids is 1. The van der Waals surface area contributed by atoms with Crippen LogP contribution in [0.4, 0.5) is 0 Å². The quantitative estimate of drug-likeness (QED) is 0.160. The molecule has 3 amide bonds. The number of carbonyl (C=O) groups is 4. The lowest BCUT2D eigenvalue weighted by atomic mass is 10.0. The van der Waals surface area contributed by atoms with Gasteiger partial charge in [0, 0.05) is 35.0 Å². The summed E-state index contributed by atoms with van der Waals surface area (Å²) in [5, 5.41) is 26.9. The third-order valence-electron chi connectivity index (χ3n) is 5.17.